The molecular weight excluding hydrogens is 124 g/mol. The highest BCUT2D eigenvalue weighted by atomic mass is 16.3. The fourth-order valence-corrected chi connectivity index (χ4v) is 0.644. The molecule has 1 atom stereocenters. The van der Waals surface area contributed by atoms with Crippen molar-refractivity contribution in [1.82, 2.24) is 0 Å². The molecule has 0 aliphatic rings. The van der Waals surface area contributed by atoms with Crippen molar-refractivity contribution >= 4 is 0 Å². The van der Waals surface area contributed by atoms with E-state index >= 15 is 0 Å². The number of aliphatic hydroxyl groups is 1. The summed E-state index contributed by atoms with van der Waals surface area (Å²) < 4.78 is 0. The monoisotopic (exact) mass is 146 g/mol. The van der Waals surface area contributed by atoms with E-state index in [1.165, 1.54) is 6.42 Å². The van der Waals surface area contributed by atoms with Gasteiger partial charge in [0, 0.05) is 0 Å². The SMILES string of the molecule is CC.CCCCC(O)CC. The van der Waals surface area contributed by atoms with Gasteiger partial charge in [-0.05, 0) is 12.8 Å². The van der Waals surface area contributed by atoms with Crippen LogP contribution in [0.2, 0.25) is 0 Å². The lowest BCUT2D eigenvalue weighted by atomic mass is 10.1. The van der Waals surface area contributed by atoms with Crippen LogP contribution < -0.4 is 0 Å². The summed E-state index contributed by atoms with van der Waals surface area (Å²) in [6.45, 7) is 8.16. The van der Waals surface area contributed by atoms with Crippen molar-refractivity contribution in [2.75, 3.05) is 0 Å². The lowest BCUT2D eigenvalue weighted by Gasteiger charge is -2.03. The summed E-state index contributed by atoms with van der Waals surface area (Å²) in [6, 6.07) is 0. The summed E-state index contributed by atoms with van der Waals surface area (Å²) in [5.41, 5.74) is 0. The van der Waals surface area contributed by atoms with E-state index in [0.29, 0.717) is 0 Å². The van der Waals surface area contributed by atoms with E-state index in [1.54, 1.807) is 0 Å². The minimum absolute atomic E-state index is 0.0463. The van der Waals surface area contributed by atoms with Crippen LogP contribution in [0.25, 0.3) is 0 Å². The molecule has 0 aromatic carbocycles. The molecule has 0 aromatic heterocycles. The zero-order valence-corrected chi connectivity index (χ0v) is 7.85. The van der Waals surface area contributed by atoms with E-state index in [4.69, 9.17) is 5.11 Å². The van der Waals surface area contributed by atoms with Gasteiger partial charge in [-0.2, -0.15) is 0 Å². The minimum atomic E-state index is -0.0463. The zero-order chi connectivity index (χ0) is 8.41. The first-order valence-corrected chi connectivity index (χ1v) is 4.49. The molecule has 1 nitrogen and oxygen atoms in total. The van der Waals surface area contributed by atoms with Gasteiger partial charge in [-0.25, -0.2) is 0 Å². The number of rotatable bonds is 4. The highest BCUT2D eigenvalue weighted by Gasteiger charge is 1.96. The highest BCUT2D eigenvalue weighted by molar-refractivity contribution is 4.49. The van der Waals surface area contributed by atoms with Crippen molar-refractivity contribution in [2.24, 2.45) is 0 Å². The van der Waals surface area contributed by atoms with Gasteiger partial charge in [-0.15, -0.1) is 0 Å². The molecule has 0 aliphatic carbocycles. The topological polar surface area (TPSA) is 20.2 Å². The van der Waals surface area contributed by atoms with Gasteiger partial charge in [0.05, 0.1) is 6.10 Å². The van der Waals surface area contributed by atoms with Crippen LogP contribution in [-0.4, -0.2) is 11.2 Å². The fraction of sp³-hybridized carbons (Fsp3) is 1.00. The smallest absolute Gasteiger partial charge is 0.0537 e. The van der Waals surface area contributed by atoms with E-state index in [0.717, 1.165) is 19.3 Å². The molecule has 0 saturated heterocycles. The number of unbranched alkanes of at least 4 members (excludes halogenated alkanes) is 1. The average molecular weight is 146 g/mol. The molecule has 0 saturated carbocycles. The molecule has 1 heteroatoms. The van der Waals surface area contributed by atoms with Crippen LogP contribution >= 0.6 is 0 Å². The third-order valence-corrected chi connectivity index (χ3v) is 1.36. The second kappa shape index (κ2) is 11.7. The van der Waals surface area contributed by atoms with Crippen LogP contribution in [0, 0.1) is 0 Å². The lowest BCUT2D eigenvalue weighted by molar-refractivity contribution is 0.157. The summed E-state index contributed by atoms with van der Waals surface area (Å²) in [7, 11) is 0. The van der Waals surface area contributed by atoms with Crippen molar-refractivity contribution in [1.29, 1.82) is 0 Å². The highest BCUT2D eigenvalue weighted by Crippen LogP contribution is 2.02. The maximum Gasteiger partial charge on any atom is 0.0537 e. The van der Waals surface area contributed by atoms with Crippen molar-refractivity contribution in [3.8, 4) is 0 Å². The number of hydrogen-bond acceptors (Lipinski definition) is 1. The summed E-state index contributed by atoms with van der Waals surface area (Å²) in [4.78, 5) is 0. The number of hydrogen-bond donors (Lipinski definition) is 1. The second-order valence-corrected chi connectivity index (χ2v) is 2.20. The van der Waals surface area contributed by atoms with E-state index in [-0.39, 0.29) is 6.10 Å². The molecular formula is C9H22O. The van der Waals surface area contributed by atoms with Crippen LogP contribution in [0.5, 0.6) is 0 Å². The van der Waals surface area contributed by atoms with Gasteiger partial charge >= 0.3 is 0 Å². The van der Waals surface area contributed by atoms with Crippen LogP contribution in [0.15, 0.2) is 0 Å². The maximum atomic E-state index is 8.99. The van der Waals surface area contributed by atoms with Crippen LogP contribution in [0.4, 0.5) is 0 Å². The first-order valence-electron chi connectivity index (χ1n) is 4.49. The fourth-order valence-electron chi connectivity index (χ4n) is 0.644. The molecule has 0 amide bonds. The Morgan fingerprint density at radius 1 is 1.20 bits per heavy atom. The van der Waals surface area contributed by atoms with Crippen molar-refractivity contribution in [3.63, 3.8) is 0 Å². The third kappa shape index (κ3) is 10.9. The van der Waals surface area contributed by atoms with Crippen molar-refractivity contribution < 1.29 is 5.11 Å². The molecule has 0 aliphatic heterocycles. The van der Waals surface area contributed by atoms with E-state index in [9.17, 15) is 0 Å². The normalized spacial score (nSPS) is 11.7. The van der Waals surface area contributed by atoms with Crippen LogP contribution in [0.3, 0.4) is 0 Å². The van der Waals surface area contributed by atoms with Gasteiger partial charge in [0.15, 0.2) is 0 Å². The predicted octanol–water partition coefficient (Wildman–Crippen LogP) is 2.97. The van der Waals surface area contributed by atoms with E-state index in [2.05, 4.69) is 6.92 Å². The lowest BCUT2D eigenvalue weighted by Crippen LogP contribution is -2.02. The maximum absolute atomic E-state index is 8.99. The standard InChI is InChI=1S/C7H16O.C2H6/c1-3-5-6-7(8)4-2;1-2/h7-8H,3-6H2,1-2H3;1-2H3. The number of aliphatic hydroxyl groups excluding tert-OH is 1. The largest absolute Gasteiger partial charge is 0.393 e. The summed E-state index contributed by atoms with van der Waals surface area (Å²) in [6.07, 6.45) is 4.19. The molecule has 64 valence electrons. The molecule has 0 bridgehead atoms. The minimum Gasteiger partial charge on any atom is -0.393 e. The van der Waals surface area contributed by atoms with Crippen molar-refractivity contribution in [2.45, 2.75) is 59.5 Å². The Morgan fingerprint density at radius 3 is 2.00 bits per heavy atom. The second-order valence-electron chi connectivity index (χ2n) is 2.20. The Labute approximate surface area is 65.5 Å². The quantitative estimate of drug-likeness (QED) is 0.646. The summed E-state index contributed by atoms with van der Waals surface area (Å²) >= 11 is 0. The Balaban J connectivity index is 0. The van der Waals surface area contributed by atoms with Gasteiger partial charge in [0.1, 0.15) is 0 Å². The molecule has 0 fully saturated rings. The van der Waals surface area contributed by atoms with Crippen LogP contribution in [-0.2, 0) is 0 Å². The first-order chi connectivity index (χ1) is 4.81. The molecule has 10 heavy (non-hydrogen) atoms. The zero-order valence-electron chi connectivity index (χ0n) is 7.85. The molecule has 0 rings (SSSR count). The van der Waals surface area contributed by atoms with E-state index < -0.39 is 0 Å². The summed E-state index contributed by atoms with van der Waals surface area (Å²) in [5.74, 6) is 0. The molecule has 0 heterocycles. The van der Waals surface area contributed by atoms with E-state index in [1.807, 2.05) is 20.8 Å². The average Bonchev–Trinajstić information content (AvgIpc) is 2.04. The Bertz CT molecular complexity index is 44.0. The molecule has 0 radical (unpaired) electrons. The van der Waals surface area contributed by atoms with Gasteiger partial charge in [-0.3, -0.25) is 0 Å². The first kappa shape index (κ1) is 12.6. The van der Waals surface area contributed by atoms with Gasteiger partial charge in [0.2, 0.25) is 0 Å². The Kier molecular flexibility index (Phi) is 14.8. The third-order valence-electron chi connectivity index (χ3n) is 1.36. The Morgan fingerprint density at radius 2 is 1.70 bits per heavy atom. The molecule has 0 spiro atoms. The van der Waals surface area contributed by atoms with Crippen LogP contribution in [0.1, 0.15) is 53.4 Å². The Hall–Kier alpha value is -0.0400. The summed E-state index contributed by atoms with van der Waals surface area (Å²) in [5, 5.41) is 8.99. The molecule has 1 unspecified atom stereocenters. The van der Waals surface area contributed by atoms with Gasteiger partial charge < -0.3 is 5.11 Å². The van der Waals surface area contributed by atoms with Crippen molar-refractivity contribution in [3.05, 3.63) is 0 Å². The van der Waals surface area contributed by atoms with Gasteiger partial charge in [-0.1, -0.05) is 40.5 Å². The van der Waals surface area contributed by atoms with Gasteiger partial charge in [0.25, 0.3) is 0 Å². The predicted molar refractivity (Wildman–Crippen MR) is 47.2 cm³/mol. The molecule has 0 aromatic rings. The molecule has 1 N–H and O–H groups in total.